The third-order valence-electron chi connectivity index (χ3n) is 3.93. The quantitative estimate of drug-likeness (QED) is 0.835. The molecule has 1 saturated carbocycles. The van der Waals surface area contributed by atoms with Gasteiger partial charge in [-0.1, -0.05) is 13.3 Å². The largest absolute Gasteiger partial charge is 0.309 e. The molecule has 1 fully saturated rings. The van der Waals surface area contributed by atoms with E-state index >= 15 is 0 Å². The molecule has 19 heavy (non-hydrogen) atoms. The maximum Gasteiger partial charge on any atom is 0.0699 e. The van der Waals surface area contributed by atoms with Gasteiger partial charge in [-0.05, 0) is 55.3 Å². The molecule has 0 amide bonds. The molecule has 1 atom stereocenters. The first-order valence-corrected chi connectivity index (χ1v) is 8.02. The van der Waals surface area contributed by atoms with Gasteiger partial charge in [0.25, 0.3) is 0 Å². The number of hydrogen-bond acceptors (Lipinski definition) is 3. The van der Waals surface area contributed by atoms with Crippen LogP contribution in [0.25, 0.3) is 0 Å². The molecule has 0 bridgehead atoms. The first-order chi connectivity index (χ1) is 9.13. The molecule has 0 aliphatic heterocycles. The van der Waals surface area contributed by atoms with Crippen LogP contribution in [0, 0.1) is 5.92 Å². The summed E-state index contributed by atoms with van der Waals surface area (Å²) in [5.74, 6) is 0.769. The zero-order valence-corrected chi connectivity index (χ0v) is 13.8. The minimum atomic E-state index is 0.442. The second-order valence-electron chi connectivity index (χ2n) is 5.63. The van der Waals surface area contributed by atoms with Gasteiger partial charge in [-0.3, -0.25) is 4.68 Å². The fourth-order valence-electron chi connectivity index (χ4n) is 2.63. The highest BCUT2D eigenvalue weighted by Gasteiger charge is 2.31. The van der Waals surface area contributed by atoms with E-state index in [0.717, 1.165) is 30.0 Å². The summed E-state index contributed by atoms with van der Waals surface area (Å²) in [6.45, 7) is 5.15. The fourth-order valence-corrected chi connectivity index (χ4v) is 3.18. The molecular weight excluding hydrogens is 304 g/mol. The summed E-state index contributed by atoms with van der Waals surface area (Å²) in [6, 6.07) is 0.442. The van der Waals surface area contributed by atoms with Crippen molar-refractivity contribution in [3.8, 4) is 0 Å². The van der Waals surface area contributed by atoms with Crippen molar-refractivity contribution in [1.29, 1.82) is 0 Å². The van der Waals surface area contributed by atoms with Crippen LogP contribution in [0.4, 0.5) is 0 Å². The third-order valence-corrected chi connectivity index (χ3v) is 4.54. The normalized spacial score (nSPS) is 17.7. The topological polar surface area (TPSA) is 33.1 Å². The van der Waals surface area contributed by atoms with E-state index in [1.165, 1.54) is 25.0 Å². The Morgan fingerprint density at radius 2 is 2.26 bits per heavy atom. The zero-order chi connectivity index (χ0) is 13.8. The second-order valence-corrected chi connectivity index (χ2v) is 6.48. The molecule has 1 unspecified atom stereocenters. The van der Waals surface area contributed by atoms with Gasteiger partial charge in [-0.15, -0.1) is 0 Å². The van der Waals surface area contributed by atoms with Gasteiger partial charge in [0.2, 0.25) is 0 Å². The highest BCUT2D eigenvalue weighted by atomic mass is 79.9. The van der Waals surface area contributed by atoms with Crippen LogP contribution in [0.5, 0.6) is 0 Å². The predicted octanol–water partition coefficient (Wildman–Crippen LogP) is 2.66. The minimum absolute atomic E-state index is 0.442. The summed E-state index contributed by atoms with van der Waals surface area (Å²) in [4.78, 5) is 2.20. The molecule has 0 saturated heterocycles. The molecule has 1 aromatic rings. The Labute approximate surface area is 124 Å². The number of nitrogens with one attached hydrogen (secondary N) is 1. The summed E-state index contributed by atoms with van der Waals surface area (Å²) in [5.41, 5.74) is 1.33. The van der Waals surface area contributed by atoms with E-state index in [2.05, 4.69) is 56.9 Å². The molecule has 108 valence electrons. The van der Waals surface area contributed by atoms with Gasteiger partial charge in [0.15, 0.2) is 0 Å². The molecule has 5 heteroatoms. The Bertz CT molecular complexity index is 398. The molecule has 4 nitrogen and oxygen atoms in total. The van der Waals surface area contributed by atoms with Crippen molar-refractivity contribution < 1.29 is 0 Å². The van der Waals surface area contributed by atoms with Crippen LogP contribution >= 0.6 is 15.9 Å². The van der Waals surface area contributed by atoms with Crippen molar-refractivity contribution >= 4 is 15.9 Å². The summed E-state index contributed by atoms with van der Waals surface area (Å²) >= 11 is 3.68. The molecule has 0 radical (unpaired) electrons. The number of halogens is 1. The van der Waals surface area contributed by atoms with E-state index in [1.807, 2.05) is 6.20 Å². The van der Waals surface area contributed by atoms with Crippen LogP contribution in [0.2, 0.25) is 0 Å². The Morgan fingerprint density at radius 3 is 2.79 bits per heavy atom. The van der Waals surface area contributed by atoms with Crippen LogP contribution in [0.3, 0.4) is 0 Å². The van der Waals surface area contributed by atoms with E-state index in [4.69, 9.17) is 0 Å². The lowest BCUT2D eigenvalue weighted by Crippen LogP contribution is -2.34. The summed E-state index contributed by atoms with van der Waals surface area (Å²) in [6.07, 6.45) is 5.98. The fraction of sp³-hybridized carbons (Fsp3) is 0.786. The van der Waals surface area contributed by atoms with Crippen molar-refractivity contribution in [2.75, 3.05) is 27.2 Å². The second kappa shape index (κ2) is 6.86. The van der Waals surface area contributed by atoms with Crippen molar-refractivity contribution in [3.63, 3.8) is 0 Å². The van der Waals surface area contributed by atoms with E-state index < -0.39 is 0 Å². The lowest BCUT2D eigenvalue weighted by molar-refractivity contribution is 0.221. The highest BCUT2D eigenvalue weighted by molar-refractivity contribution is 9.10. The van der Waals surface area contributed by atoms with Crippen molar-refractivity contribution in [1.82, 2.24) is 20.0 Å². The van der Waals surface area contributed by atoms with E-state index in [-0.39, 0.29) is 0 Å². The summed E-state index contributed by atoms with van der Waals surface area (Å²) in [7, 11) is 4.21. The van der Waals surface area contributed by atoms with Crippen molar-refractivity contribution in [2.24, 2.45) is 5.92 Å². The maximum atomic E-state index is 4.53. The Hall–Kier alpha value is -0.390. The van der Waals surface area contributed by atoms with Crippen molar-refractivity contribution in [3.05, 3.63) is 16.4 Å². The van der Waals surface area contributed by atoms with Crippen LogP contribution < -0.4 is 5.32 Å². The zero-order valence-electron chi connectivity index (χ0n) is 12.2. The van der Waals surface area contributed by atoms with Crippen molar-refractivity contribution in [2.45, 2.75) is 38.8 Å². The molecular formula is C14H25BrN4. The lowest BCUT2D eigenvalue weighted by Gasteiger charge is -2.35. The van der Waals surface area contributed by atoms with Gasteiger partial charge in [-0.25, -0.2) is 0 Å². The Morgan fingerprint density at radius 1 is 1.53 bits per heavy atom. The van der Waals surface area contributed by atoms with Gasteiger partial charge in [0.1, 0.15) is 0 Å². The van der Waals surface area contributed by atoms with Crippen LogP contribution in [0.15, 0.2) is 10.7 Å². The van der Waals surface area contributed by atoms with Gasteiger partial charge < -0.3 is 10.2 Å². The van der Waals surface area contributed by atoms with Crippen LogP contribution in [0.1, 0.15) is 37.9 Å². The molecule has 1 heterocycles. The molecule has 1 aromatic heterocycles. The number of hydrogen-bond donors (Lipinski definition) is 1. The number of nitrogens with zero attached hydrogens (tertiary/aromatic N) is 3. The minimum Gasteiger partial charge on any atom is -0.309 e. The molecule has 1 N–H and O–H groups in total. The van der Waals surface area contributed by atoms with Gasteiger partial charge in [-0.2, -0.15) is 5.10 Å². The smallest absolute Gasteiger partial charge is 0.0699 e. The predicted molar refractivity (Wildman–Crippen MR) is 82.2 cm³/mol. The lowest BCUT2D eigenvalue weighted by atomic mass is 9.78. The first kappa shape index (κ1) is 15.0. The number of aromatic nitrogens is 2. The van der Waals surface area contributed by atoms with Gasteiger partial charge >= 0.3 is 0 Å². The molecule has 2 rings (SSSR count). The van der Waals surface area contributed by atoms with E-state index in [9.17, 15) is 0 Å². The summed E-state index contributed by atoms with van der Waals surface area (Å²) < 4.78 is 3.31. The maximum absolute atomic E-state index is 4.53. The molecule has 1 aliphatic rings. The molecule has 0 spiro atoms. The SMILES string of the molecule is CCNC(c1c(Br)cnn1CCN(C)C)C1CCC1. The molecule has 1 aliphatic carbocycles. The monoisotopic (exact) mass is 328 g/mol. The third kappa shape index (κ3) is 3.58. The van der Waals surface area contributed by atoms with Crippen LogP contribution in [-0.2, 0) is 6.54 Å². The van der Waals surface area contributed by atoms with E-state index in [0.29, 0.717) is 6.04 Å². The summed E-state index contributed by atoms with van der Waals surface area (Å²) in [5, 5.41) is 8.19. The first-order valence-electron chi connectivity index (χ1n) is 7.22. The number of rotatable bonds is 7. The highest BCUT2D eigenvalue weighted by Crippen LogP contribution is 2.39. The molecule has 0 aromatic carbocycles. The number of likely N-dealkylation sites (N-methyl/N-ethyl adjacent to an activating group) is 1. The van der Waals surface area contributed by atoms with E-state index in [1.54, 1.807) is 0 Å². The van der Waals surface area contributed by atoms with Gasteiger partial charge in [0, 0.05) is 6.54 Å². The Kier molecular flexibility index (Phi) is 5.42. The van der Waals surface area contributed by atoms with Gasteiger partial charge in [0.05, 0.1) is 29.0 Å². The van der Waals surface area contributed by atoms with Crippen LogP contribution in [-0.4, -0.2) is 41.9 Å². The average molecular weight is 329 g/mol. The average Bonchev–Trinajstić information content (AvgIpc) is 2.65. The Balaban J connectivity index is 2.17. The standard InChI is InChI=1S/C14H25BrN4/c1-4-16-13(11-6-5-7-11)14-12(15)10-17-19(14)9-8-18(2)3/h10-11,13,16H,4-9H2,1-3H3.